The van der Waals surface area contributed by atoms with E-state index in [1.54, 1.807) is 0 Å². The molecule has 8 heteroatoms. The number of aliphatic hydroxyl groups is 2. The van der Waals surface area contributed by atoms with E-state index in [-0.39, 0.29) is 72.5 Å². The molecule has 2 N–H and O–H groups in total. The van der Waals surface area contributed by atoms with E-state index in [1.807, 2.05) is 0 Å². The number of fused-ring (bicyclic) bond motifs is 5. The Labute approximate surface area is 225 Å². The third-order valence-corrected chi connectivity index (χ3v) is 11.4. The van der Waals surface area contributed by atoms with E-state index in [2.05, 4.69) is 31.9 Å². The van der Waals surface area contributed by atoms with E-state index in [4.69, 9.17) is 0 Å². The summed E-state index contributed by atoms with van der Waals surface area (Å²) in [5.74, 6) is 2.69. The van der Waals surface area contributed by atoms with Gasteiger partial charge in [-0.05, 0) is 104 Å². The molecule has 0 aliphatic heterocycles. The molecule has 6 nitrogen and oxygen atoms in total. The molecule has 4 rings (SSSR count). The van der Waals surface area contributed by atoms with Crippen LogP contribution in [-0.4, -0.2) is 42.7 Å². The van der Waals surface area contributed by atoms with E-state index in [0.29, 0.717) is 36.0 Å². The molecule has 0 amide bonds. The summed E-state index contributed by atoms with van der Waals surface area (Å²) in [6.45, 7) is 9.17. The summed E-state index contributed by atoms with van der Waals surface area (Å²) in [5, 5.41) is 22.1. The number of rotatable bonds is 6. The molecule has 190 valence electrons. The Balaban J connectivity index is 0.00000204. The number of aliphatic hydroxyl groups excluding tert-OH is 2. The van der Waals surface area contributed by atoms with Crippen molar-refractivity contribution in [3.63, 3.8) is 0 Å². The van der Waals surface area contributed by atoms with Crippen molar-refractivity contribution in [3.05, 3.63) is 0 Å². The van der Waals surface area contributed by atoms with E-state index < -0.39 is 11.2 Å². The van der Waals surface area contributed by atoms with Crippen molar-refractivity contribution >= 4 is 11.2 Å². The van der Waals surface area contributed by atoms with Crippen LogP contribution in [0, 0.1) is 52.3 Å². The van der Waals surface area contributed by atoms with Crippen LogP contribution in [0.1, 0.15) is 86.9 Å². The van der Waals surface area contributed by atoms with Gasteiger partial charge in [-0.1, -0.05) is 34.1 Å². The largest absolute Gasteiger partial charge is 1.00 e. The molecule has 0 aromatic heterocycles. The first-order valence-corrected chi connectivity index (χ1v) is 14.2. The second-order valence-electron chi connectivity index (χ2n) is 12.1. The molecule has 0 heterocycles. The summed E-state index contributed by atoms with van der Waals surface area (Å²) < 4.78 is 37.0. The van der Waals surface area contributed by atoms with E-state index >= 15 is 0 Å². The predicted molar refractivity (Wildman–Crippen MR) is 123 cm³/mol. The fraction of sp³-hybridized carbons (Fsp3) is 1.00. The second kappa shape index (κ2) is 10.5. The summed E-state index contributed by atoms with van der Waals surface area (Å²) in [5.41, 5.74) is 0.332. The zero-order valence-electron chi connectivity index (χ0n) is 22.2. The summed E-state index contributed by atoms with van der Waals surface area (Å²) in [4.78, 5) is 0. The Morgan fingerprint density at radius 3 is 2.27 bits per heavy atom. The molecule has 33 heavy (non-hydrogen) atoms. The number of hydrogen-bond donors (Lipinski definition) is 2. The molecular formula is C25H44NaO6S-3. The van der Waals surface area contributed by atoms with Gasteiger partial charge >= 0.3 is 29.6 Å². The summed E-state index contributed by atoms with van der Waals surface area (Å²) in [6, 6.07) is 0. The quantitative estimate of drug-likeness (QED) is 0.543. The van der Waals surface area contributed by atoms with Crippen molar-refractivity contribution in [2.75, 3.05) is 6.61 Å². The maximum atomic E-state index is 11.7. The molecule has 11 atom stereocenters. The van der Waals surface area contributed by atoms with Gasteiger partial charge in [0.2, 0.25) is 0 Å². The van der Waals surface area contributed by atoms with Crippen LogP contribution >= 0.6 is 11.2 Å². The van der Waals surface area contributed by atoms with Crippen molar-refractivity contribution < 1.29 is 59.0 Å². The fourth-order valence-corrected chi connectivity index (χ4v) is 9.77. The summed E-state index contributed by atoms with van der Waals surface area (Å²) >= 11 is -4.64. The van der Waals surface area contributed by atoms with Crippen LogP contribution < -0.4 is 29.6 Å². The first-order chi connectivity index (χ1) is 14.9. The zero-order chi connectivity index (χ0) is 23.5. The molecule has 4 aliphatic rings. The maximum absolute atomic E-state index is 11.7. The molecule has 0 aromatic carbocycles. The van der Waals surface area contributed by atoms with Gasteiger partial charge in [-0.3, -0.25) is 0 Å². The average Bonchev–Trinajstić information content (AvgIpc) is 3.06. The van der Waals surface area contributed by atoms with E-state index in [0.717, 1.165) is 51.4 Å². The van der Waals surface area contributed by atoms with Crippen molar-refractivity contribution in [2.24, 2.45) is 52.3 Å². The van der Waals surface area contributed by atoms with Gasteiger partial charge in [0.05, 0.1) is 18.8 Å². The van der Waals surface area contributed by atoms with Gasteiger partial charge in [0.1, 0.15) is 0 Å². The van der Waals surface area contributed by atoms with Gasteiger partial charge in [-0.2, -0.15) is 0 Å². The monoisotopic (exact) mass is 495 g/mol. The smallest absolute Gasteiger partial charge is 1.00 e. The Morgan fingerprint density at radius 1 is 1.00 bits per heavy atom. The van der Waals surface area contributed by atoms with Crippen molar-refractivity contribution in [1.29, 1.82) is 0 Å². The Morgan fingerprint density at radius 2 is 1.64 bits per heavy atom. The van der Waals surface area contributed by atoms with Crippen LogP contribution in [0.3, 0.4) is 0 Å². The minimum atomic E-state index is -4.64. The Bertz CT molecular complexity index is 682. The van der Waals surface area contributed by atoms with Gasteiger partial charge in [-0.15, -0.1) is 0 Å². The summed E-state index contributed by atoms with van der Waals surface area (Å²) in [6.07, 6.45) is 8.26. The first-order valence-electron chi connectivity index (χ1n) is 12.9. The topological polar surface area (TPSA) is 119 Å². The minimum absolute atomic E-state index is 0. The third-order valence-electron chi connectivity index (χ3n) is 11.0. The van der Waals surface area contributed by atoms with E-state index in [1.165, 1.54) is 0 Å². The van der Waals surface area contributed by atoms with Crippen LogP contribution in [0.4, 0.5) is 0 Å². The molecule has 4 saturated carbocycles. The van der Waals surface area contributed by atoms with Crippen LogP contribution in [-0.2, 0) is 4.18 Å². The molecule has 0 bridgehead atoms. The molecular weight excluding hydrogens is 451 g/mol. The first kappa shape index (κ1) is 28.7. The van der Waals surface area contributed by atoms with E-state index in [9.17, 15) is 23.9 Å². The molecule has 0 radical (unpaired) electrons. The predicted octanol–water partition coefficient (Wildman–Crippen LogP) is 1.88. The standard InChI is InChI=1S/C25H46O6S.Na.H/c1-5-17-21-14-16(26)8-11-25(21,4)20-9-12-24(3)18(6-7-19(24)22(20)23(17)27)15(2)10-13-31-32(28,29)30;;/h15-23,26-30H,5-14H2,1-4H3;;/q;+1;-1/p-3/t15-,16-,17-,18?,19?,20?,21+,22?,23-,24-,25-;;/m1../s1. The van der Waals surface area contributed by atoms with Crippen molar-refractivity contribution in [1.82, 2.24) is 0 Å². The van der Waals surface area contributed by atoms with Crippen LogP contribution in [0.5, 0.6) is 0 Å². The van der Waals surface area contributed by atoms with Crippen LogP contribution in [0.15, 0.2) is 0 Å². The van der Waals surface area contributed by atoms with Gasteiger partial charge in [0.25, 0.3) is 0 Å². The average molecular weight is 496 g/mol. The van der Waals surface area contributed by atoms with Gasteiger partial charge < -0.3 is 40.6 Å². The molecule has 4 unspecified atom stereocenters. The van der Waals surface area contributed by atoms with Gasteiger partial charge in [-0.25, -0.2) is 0 Å². The SMILES string of the molecule is CC[C@H]1[C@@H](O)C2C3CCC([C@H](C)CCOS([O-])([O-])[O-])[C@@]3(C)CCC2[C@@]2(C)CC[C@@H](O)C[C@@H]12.[H-].[Na+]. The third kappa shape index (κ3) is 5.12. The van der Waals surface area contributed by atoms with Crippen molar-refractivity contribution in [3.8, 4) is 0 Å². The second-order valence-corrected chi connectivity index (χ2v) is 13.2. The van der Waals surface area contributed by atoms with Crippen LogP contribution in [0.2, 0.25) is 0 Å². The molecule has 0 aromatic rings. The molecule has 4 aliphatic carbocycles. The zero-order valence-corrected chi connectivity index (χ0v) is 24.0. The maximum Gasteiger partial charge on any atom is 1.00 e. The minimum Gasteiger partial charge on any atom is -1.00 e. The Hall–Kier alpha value is 1.11. The number of hydrogen-bond acceptors (Lipinski definition) is 6. The fourth-order valence-electron chi connectivity index (χ4n) is 9.47. The molecule has 0 spiro atoms. The van der Waals surface area contributed by atoms with Gasteiger partial charge in [0, 0.05) is 0 Å². The van der Waals surface area contributed by atoms with Crippen molar-refractivity contribution in [2.45, 2.75) is 97.7 Å². The van der Waals surface area contributed by atoms with Gasteiger partial charge in [0.15, 0.2) is 0 Å². The molecule has 0 saturated heterocycles. The molecule has 4 fully saturated rings. The normalized spacial score (nSPS) is 48.8. The van der Waals surface area contributed by atoms with Crippen LogP contribution in [0.25, 0.3) is 0 Å². The summed E-state index contributed by atoms with van der Waals surface area (Å²) in [7, 11) is 0. The Kier molecular flexibility index (Phi) is 9.10.